The van der Waals surface area contributed by atoms with E-state index < -0.39 is 11.7 Å². The van der Waals surface area contributed by atoms with Gasteiger partial charge in [-0.1, -0.05) is 42.5 Å². The van der Waals surface area contributed by atoms with Crippen LogP contribution >= 0.6 is 0 Å². The second-order valence-electron chi connectivity index (χ2n) is 6.40. The number of nitrogens with one attached hydrogen (secondary N) is 2. The number of hydrogen-bond donors (Lipinski definition) is 2. The van der Waals surface area contributed by atoms with Gasteiger partial charge in [0, 0.05) is 17.9 Å². The maximum absolute atomic E-state index is 11.6. The summed E-state index contributed by atoms with van der Waals surface area (Å²) >= 11 is 0. The van der Waals surface area contributed by atoms with E-state index >= 15 is 0 Å². The molecule has 126 valence electrons. The Bertz CT molecular complexity index is 688. The highest BCUT2D eigenvalue weighted by Crippen LogP contribution is 2.17. The first-order valence-electron chi connectivity index (χ1n) is 7.98. The fourth-order valence-corrected chi connectivity index (χ4v) is 2.06. The van der Waals surface area contributed by atoms with Gasteiger partial charge >= 0.3 is 6.09 Å². The van der Waals surface area contributed by atoms with Crippen LogP contribution in [-0.2, 0) is 4.74 Å². The minimum atomic E-state index is -0.481. The molecule has 4 heteroatoms. The number of ether oxygens (including phenoxy) is 1. The van der Waals surface area contributed by atoms with Crippen LogP contribution in [0, 0.1) is 0 Å². The Hall–Kier alpha value is -2.75. The first-order valence-corrected chi connectivity index (χ1v) is 7.98. The van der Waals surface area contributed by atoms with Crippen molar-refractivity contribution in [3.05, 3.63) is 66.2 Å². The van der Waals surface area contributed by atoms with Crippen molar-refractivity contribution in [2.24, 2.45) is 0 Å². The average molecular weight is 324 g/mol. The van der Waals surface area contributed by atoms with Crippen molar-refractivity contribution in [3.8, 4) is 0 Å². The van der Waals surface area contributed by atoms with E-state index in [9.17, 15) is 4.79 Å². The van der Waals surface area contributed by atoms with Gasteiger partial charge in [0.1, 0.15) is 5.60 Å². The third-order valence-electron chi connectivity index (χ3n) is 3.02. The number of alkyl carbamates (subject to hydrolysis) is 1. The van der Waals surface area contributed by atoms with Gasteiger partial charge in [0.25, 0.3) is 0 Å². The van der Waals surface area contributed by atoms with E-state index in [0.717, 1.165) is 16.9 Å². The molecule has 0 aliphatic rings. The largest absolute Gasteiger partial charge is 0.444 e. The molecule has 0 bridgehead atoms. The molecule has 24 heavy (non-hydrogen) atoms. The number of rotatable bonds is 5. The van der Waals surface area contributed by atoms with Gasteiger partial charge in [0.2, 0.25) is 0 Å². The molecule has 0 saturated carbocycles. The molecule has 0 atom stereocenters. The summed E-state index contributed by atoms with van der Waals surface area (Å²) in [7, 11) is 0. The highest BCUT2D eigenvalue weighted by Gasteiger charge is 2.14. The third-order valence-corrected chi connectivity index (χ3v) is 3.02. The van der Waals surface area contributed by atoms with Crippen LogP contribution in [0.15, 0.2) is 60.7 Å². The Morgan fingerprint density at radius 3 is 2.46 bits per heavy atom. The first-order chi connectivity index (χ1) is 11.4. The zero-order valence-electron chi connectivity index (χ0n) is 14.4. The highest BCUT2D eigenvalue weighted by atomic mass is 16.6. The van der Waals surface area contributed by atoms with Crippen LogP contribution in [0.4, 0.5) is 16.2 Å². The van der Waals surface area contributed by atoms with Gasteiger partial charge in [-0.2, -0.15) is 0 Å². The van der Waals surface area contributed by atoms with Crippen molar-refractivity contribution in [2.75, 3.05) is 11.9 Å². The molecule has 2 N–H and O–H groups in total. The molecule has 0 aromatic heterocycles. The van der Waals surface area contributed by atoms with Gasteiger partial charge in [-0.25, -0.2) is 4.79 Å². The van der Waals surface area contributed by atoms with E-state index in [1.54, 1.807) is 0 Å². The van der Waals surface area contributed by atoms with Crippen molar-refractivity contribution in [1.82, 2.24) is 5.32 Å². The van der Waals surface area contributed by atoms with Crippen LogP contribution in [-0.4, -0.2) is 18.2 Å². The van der Waals surface area contributed by atoms with Gasteiger partial charge in [-0.3, -0.25) is 0 Å². The van der Waals surface area contributed by atoms with Crippen LogP contribution in [0.3, 0.4) is 0 Å². The first kappa shape index (κ1) is 17.6. The molecule has 0 radical (unpaired) electrons. The van der Waals surface area contributed by atoms with E-state index in [2.05, 4.69) is 16.7 Å². The van der Waals surface area contributed by atoms with Crippen LogP contribution in [0.2, 0.25) is 0 Å². The molecule has 2 rings (SSSR count). The molecule has 2 aromatic rings. The summed E-state index contributed by atoms with van der Waals surface area (Å²) in [5.74, 6) is 0. The van der Waals surface area contributed by atoms with E-state index in [0.29, 0.717) is 6.54 Å². The van der Waals surface area contributed by atoms with Crippen LogP contribution in [0.25, 0.3) is 6.08 Å². The Morgan fingerprint density at radius 1 is 1.04 bits per heavy atom. The smallest absolute Gasteiger partial charge is 0.407 e. The Morgan fingerprint density at radius 2 is 1.75 bits per heavy atom. The zero-order chi connectivity index (χ0) is 17.4. The standard InChI is InChI=1S/C20H24N2O2/c1-20(2,3)24-19(23)21-14-8-10-16-9-7-13-18(15-16)22-17-11-5-4-6-12-17/h4-13,15,22H,14H2,1-3H3,(H,21,23). The summed E-state index contributed by atoms with van der Waals surface area (Å²) in [6.45, 7) is 5.94. The lowest BCUT2D eigenvalue weighted by Gasteiger charge is -2.19. The molecule has 2 aromatic carbocycles. The fourth-order valence-electron chi connectivity index (χ4n) is 2.06. The average Bonchev–Trinajstić information content (AvgIpc) is 2.51. The van der Waals surface area contributed by atoms with E-state index in [-0.39, 0.29) is 0 Å². The Labute approximate surface area is 143 Å². The molecule has 0 heterocycles. The van der Waals surface area contributed by atoms with Gasteiger partial charge < -0.3 is 15.4 Å². The number of benzene rings is 2. The normalized spacial score (nSPS) is 11.3. The van der Waals surface area contributed by atoms with Crippen molar-refractivity contribution >= 4 is 23.5 Å². The van der Waals surface area contributed by atoms with E-state index in [4.69, 9.17) is 4.74 Å². The monoisotopic (exact) mass is 324 g/mol. The molecule has 0 aliphatic carbocycles. The van der Waals surface area contributed by atoms with Gasteiger partial charge in [-0.15, -0.1) is 0 Å². The number of anilines is 2. The fraction of sp³-hybridized carbons (Fsp3) is 0.250. The van der Waals surface area contributed by atoms with Crippen molar-refractivity contribution in [3.63, 3.8) is 0 Å². The number of hydrogen-bond acceptors (Lipinski definition) is 3. The van der Waals surface area contributed by atoms with Crippen LogP contribution in [0.5, 0.6) is 0 Å². The molecule has 4 nitrogen and oxygen atoms in total. The summed E-state index contributed by atoms with van der Waals surface area (Å²) in [6, 6.07) is 18.1. The molecule has 0 spiro atoms. The molecule has 0 aliphatic heterocycles. The summed E-state index contributed by atoms with van der Waals surface area (Å²) in [6.07, 6.45) is 3.45. The minimum Gasteiger partial charge on any atom is -0.444 e. The maximum Gasteiger partial charge on any atom is 0.407 e. The van der Waals surface area contributed by atoms with Crippen LogP contribution in [0.1, 0.15) is 26.3 Å². The topological polar surface area (TPSA) is 50.4 Å². The van der Waals surface area contributed by atoms with E-state index in [1.165, 1.54) is 0 Å². The predicted octanol–water partition coefficient (Wildman–Crippen LogP) is 4.97. The summed E-state index contributed by atoms with van der Waals surface area (Å²) < 4.78 is 5.18. The second kappa shape index (κ2) is 8.20. The minimum absolute atomic E-state index is 0.411. The van der Waals surface area contributed by atoms with Crippen molar-refractivity contribution < 1.29 is 9.53 Å². The Balaban J connectivity index is 1.86. The molecule has 0 unspecified atom stereocenters. The molecule has 0 fully saturated rings. The summed E-state index contributed by atoms with van der Waals surface area (Å²) in [5, 5.41) is 6.06. The highest BCUT2D eigenvalue weighted by molar-refractivity contribution is 5.68. The lowest BCUT2D eigenvalue weighted by molar-refractivity contribution is 0.0534. The predicted molar refractivity (Wildman–Crippen MR) is 99.4 cm³/mol. The second-order valence-corrected chi connectivity index (χ2v) is 6.40. The molecule has 0 saturated heterocycles. The zero-order valence-corrected chi connectivity index (χ0v) is 14.4. The van der Waals surface area contributed by atoms with Crippen molar-refractivity contribution in [2.45, 2.75) is 26.4 Å². The lowest BCUT2D eigenvalue weighted by Crippen LogP contribution is -2.32. The number of carbonyl (C=O) groups is 1. The van der Waals surface area contributed by atoms with E-state index in [1.807, 2.05) is 81.5 Å². The van der Waals surface area contributed by atoms with Gasteiger partial charge in [0.05, 0.1) is 0 Å². The Kier molecular flexibility index (Phi) is 6.01. The molecular weight excluding hydrogens is 300 g/mol. The molecule has 1 amide bonds. The van der Waals surface area contributed by atoms with Crippen molar-refractivity contribution in [1.29, 1.82) is 0 Å². The SMILES string of the molecule is CC(C)(C)OC(=O)NCC=Cc1cccc(Nc2ccccc2)c1. The third kappa shape index (κ3) is 6.57. The molecular formula is C20H24N2O2. The summed E-state index contributed by atoms with van der Waals surface area (Å²) in [4.78, 5) is 11.6. The number of carbonyl (C=O) groups excluding carboxylic acids is 1. The number of amides is 1. The maximum atomic E-state index is 11.6. The lowest BCUT2D eigenvalue weighted by atomic mass is 10.2. The van der Waals surface area contributed by atoms with Crippen LogP contribution < -0.4 is 10.6 Å². The van der Waals surface area contributed by atoms with Gasteiger partial charge in [-0.05, 0) is 50.6 Å². The number of para-hydroxylation sites is 1. The summed E-state index contributed by atoms with van der Waals surface area (Å²) in [5.41, 5.74) is 2.64. The van der Waals surface area contributed by atoms with Gasteiger partial charge in [0.15, 0.2) is 0 Å². The quantitative estimate of drug-likeness (QED) is 0.816.